The Morgan fingerprint density at radius 3 is 2.44 bits per heavy atom. The number of hydrogen-bond acceptors (Lipinski definition) is 4. The van der Waals surface area contributed by atoms with E-state index in [4.69, 9.17) is 4.74 Å². The summed E-state index contributed by atoms with van der Waals surface area (Å²) in [5.41, 5.74) is -1.22. The minimum absolute atomic E-state index is 0.183. The third-order valence-corrected chi connectivity index (χ3v) is 7.26. The summed E-state index contributed by atoms with van der Waals surface area (Å²) in [6.45, 7) is 1.99. The molecule has 4 unspecified atom stereocenters. The summed E-state index contributed by atoms with van der Waals surface area (Å²) in [7, 11) is 0. The lowest BCUT2D eigenvalue weighted by molar-refractivity contribution is -0.196. The quantitative estimate of drug-likeness (QED) is 0.765. The van der Waals surface area contributed by atoms with Crippen molar-refractivity contribution in [1.29, 1.82) is 0 Å². The SMILES string of the molecule is CC1CCCCC1NC(=O)COC(=O)C12CC3CC(CC(O)(C3)C1)C2. The molecule has 5 aliphatic carbocycles. The molecule has 0 aromatic heterocycles. The number of nitrogens with one attached hydrogen (secondary N) is 1. The second-order valence-electron chi connectivity index (χ2n) is 9.48. The Hall–Kier alpha value is -1.10. The highest BCUT2D eigenvalue weighted by molar-refractivity contribution is 5.83. The lowest BCUT2D eigenvalue weighted by atomic mass is 9.48. The van der Waals surface area contributed by atoms with E-state index in [-0.39, 0.29) is 24.5 Å². The Kier molecular flexibility index (Phi) is 4.33. The van der Waals surface area contributed by atoms with Crippen LogP contribution in [0.5, 0.6) is 0 Å². The van der Waals surface area contributed by atoms with Crippen LogP contribution >= 0.6 is 0 Å². The van der Waals surface area contributed by atoms with Crippen molar-refractivity contribution >= 4 is 11.9 Å². The molecule has 0 spiro atoms. The van der Waals surface area contributed by atoms with Crippen LogP contribution in [0.4, 0.5) is 0 Å². The first-order valence-electron chi connectivity index (χ1n) is 10.1. The standard InChI is InChI=1S/C20H31NO4/c1-13-4-2-3-5-16(13)21-17(22)11-25-18(23)19-7-14-6-15(8-19)10-20(24,9-14)12-19/h13-16,24H,2-12H2,1H3,(H,21,22). The number of rotatable bonds is 4. The van der Waals surface area contributed by atoms with Gasteiger partial charge in [0.25, 0.3) is 5.91 Å². The monoisotopic (exact) mass is 349 g/mol. The zero-order valence-corrected chi connectivity index (χ0v) is 15.3. The van der Waals surface area contributed by atoms with Crippen LogP contribution < -0.4 is 5.32 Å². The van der Waals surface area contributed by atoms with Crippen LogP contribution in [0.1, 0.15) is 71.1 Å². The molecule has 0 radical (unpaired) electrons. The number of aliphatic hydroxyl groups is 1. The smallest absolute Gasteiger partial charge is 0.312 e. The van der Waals surface area contributed by atoms with Crippen molar-refractivity contribution in [1.82, 2.24) is 5.32 Å². The molecular formula is C20H31NO4. The molecule has 0 aliphatic heterocycles. The fourth-order valence-electron chi connectivity index (χ4n) is 6.52. The number of esters is 1. The summed E-state index contributed by atoms with van der Waals surface area (Å²) in [5.74, 6) is 0.930. The molecule has 5 aliphatic rings. The van der Waals surface area contributed by atoms with Crippen molar-refractivity contribution in [2.75, 3.05) is 6.61 Å². The van der Waals surface area contributed by atoms with Gasteiger partial charge in [-0.1, -0.05) is 19.8 Å². The van der Waals surface area contributed by atoms with Gasteiger partial charge in [0.1, 0.15) is 0 Å². The summed E-state index contributed by atoms with van der Waals surface area (Å²) in [5, 5.41) is 13.8. The molecule has 5 saturated carbocycles. The van der Waals surface area contributed by atoms with E-state index in [2.05, 4.69) is 12.2 Å². The Balaban J connectivity index is 1.32. The molecule has 5 nitrogen and oxygen atoms in total. The number of carbonyl (C=O) groups excluding carboxylic acids is 2. The van der Waals surface area contributed by atoms with Crippen LogP contribution in [0.2, 0.25) is 0 Å². The van der Waals surface area contributed by atoms with Crippen molar-refractivity contribution in [3.05, 3.63) is 0 Å². The second kappa shape index (κ2) is 6.26. The lowest BCUT2D eigenvalue weighted by Gasteiger charge is -2.58. The molecule has 4 atom stereocenters. The molecule has 140 valence electrons. The van der Waals surface area contributed by atoms with Gasteiger partial charge in [0.2, 0.25) is 0 Å². The Morgan fingerprint density at radius 2 is 1.80 bits per heavy atom. The number of hydrogen-bond donors (Lipinski definition) is 2. The molecule has 1 amide bonds. The molecule has 0 aromatic rings. The van der Waals surface area contributed by atoms with E-state index in [0.29, 0.717) is 24.2 Å². The fourth-order valence-corrected chi connectivity index (χ4v) is 6.52. The van der Waals surface area contributed by atoms with Gasteiger partial charge in [0.05, 0.1) is 11.0 Å². The van der Waals surface area contributed by atoms with E-state index in [1.165, 1.54) is 6.42 Å². The molecule has 5 rings (SSSR count). The third-order valence-electron chi connectivity index (χ3n) is 7.26. The zero-order chi connectivity index (χ0) is 17.7. The van der Waals surface area contributed by atoms with Crippen LogP contribution in [-0.2, 0) is 14.3 Å². The predicted molar refractivity (Wildman–Crippen MR) is 92.6 cm³/mol. The maximum atomic E-state index is 12.8. The first kappa shape index (κ1) is 17.3. The first-order chi connectivity index (χ1) is 11.9. The van der Waals surface area contributed by atoms with Crippen molar-refractivity contribution in [3.63, 3.8) is 0 Å². The number of amides is 1. The van der Waals surface area contributed by atoms with Crippen molar-refractivity contribution < 1.29 is 19.4 Å². The summed E-state index contributed by atoms with van der Waals surface area (Å²) in [4.78, 5) is 25.0. The maximum absolute atomic E-state index is 12.8. The third kappa shape index (κ3) is 3.32. The molecule has 5 fully saturated rings. The summed E-state index contributed by atoms with van der Waals surface area (Å²) in [6.07, 6.45) is 9.52. The molecular weight excluding hydrogens is 318 g/mol. The van der Waals surface area contributed by atoms with Gasteiger partial charge in [-0.25, -0.2) is 0 Å². The van der Waals surface area contributed by atoms with Crippen LogP contribution in [-0.4, -0.2) is 35.2 Å². The molecule has 4 bridgehead atoms. The van der Waals surface area contributed by atoms with Crippen LogP contribution in [0.25, 0.3) is 0 Å². The normalized spacial score (nSPS) is 45.2. The molecule has 5 heteroatoms. The Morgan fingerprint density at radius 1 is 1.12 bits per heavy atom. The van der Waals surface area contributed by atoms with Crippen LogP contribution in [0, 0.1) is 23.2 Å². The van der Waals surface area contributed by atoms with E-state index < -0.39 is 11.0 Å². The van der Waals surface area contributed by atoms with Gasteiger partial charge in [-0.05, 0) is 69.1 Å². The molecule has 25 heavy (non-hydrogen) atoms. The minimum Gasteiger partial charge on any atom is -0.455 e. The maximum Gasteiger partial charge on any atom is 0.312 e. The van der Waals surface area contributed by atoms with Crippen LogP contribution in [0.3, 0.4) is 0 Å². The fraction of sp³-hybridized carbons (Fsp3) is 0.900. The van der Waals surface area contributed by atoms with Gasteiger partial charge in [0, 0.05) is 6.04 Å². The van der Waals surface area contributed by atoms with Gasteiger partial charge in [0.15, 0.2) is 6.61 Å². The van der Waals surface area contributed by atoms with Gasteiger partial charge < -0.3 is 15.2 Å². The Bertz CT molecular complexity index is 546. The van der Waals surface area contributed by atoms with Crippen LogP contribution in [0.15, 0.2) is 0 Å². The van der Waals surface area contributed by atoms with Crippen molar-refractivity contribution in [3.8, 4) is 0 Å². The minimum atomic E-state index is -0.678. The van der Waals surface area contributed by atoms with E-state index in [1.54, 1.807) is 0 Å². The molecule has 0 aromatic carbocycles. The number of carbonyl (C=O) groups is 2. The van der Waals surface area contributed by atoms with E-state index in [9.17, 15) is 14.7 Å². The van der Waals surface area contributed by atoms with Gasteiger partial charge >= 0.3 is 5.97 Å². The first-order valence-corrected chi connectivity index (χ1v) is 10.1. The van der Waals surface area contributed by atoms with Gasteiger partial charge in [-0.2, -0.15) is 0 Å². The molecule has 0 heterocycles. The Labute approximate surface area is 149 Å². The molecule has 2 N–H and O–H groups in total. The van der Waals surface area contributed by atoms with Crippen molar-refractivity contribution in [2.24, 2.45) is 23.2 Å². The summed E-state index contributed by atoms with van der Waals surface area (Å²) in [6, 6.07) is 0.209. The average molecular weight is 349 g/mol. The van der Waals surface area contributed by atoms with Gasteiger partial charge in [-0.3, -0.25) is 9.59 Å². The number of ether oxygens (including phenoxy) is 1. The van der Waals surface area contributed by atoms with Crippen molar-refractivity contribution in [2.45, 2.75) is 82.8 Å². The lowest BCUT2D eigenvalue weighted by Crippen LogP contribution is -2.58. The zero-order valence-electron chi connectivity index (χ0n) is 15.3. The van der Waals surface area contributed by atoms with E-state index in [1.807, 2.05) is 0 Å². The van der Waals surface area contributed by atoms with Gasteiger partial charge in [-0.15, -0.1) is 0 Å². The highest BCUT2D eigenvalue weighted by Gasteiger charge is 2.60. The second-order valence-corrected chi connectivity index (χ2v) is 9.48. The van der Waals surface area contributed by atoms with E-state index >= 15 is 0 Å². The summed E-state index contributed by atoms with van der Waals surface area (Å²) >= 11 is 0. The van der Waals surface area contributed by atoms with E-state index in [0.717, 1.165) is 51.4 Å². The highest BCUT2D eigenvalue weighted by atomic mass is 16.5. The largest absolute Gasteiger partial charge is 0.455 e. The molecule has 0 saturated heterocycles. The summed E-state index contributed by atoms with van der Waals surface area (Å²) < 4.78 is 5.45. The topological polar surface area (TPSA) is 75.6 Å². The highest BCUT2D eigenvalue weighted by Crippen LogP contribution is 2.61. The average Bonchev–Trinajstić information content (AvgIpc) is 2.52. The predicted octanol–water partition coefficient (Wildman–Crippen LogP) is 2.56.